The Labute approximate surface area is 210 Å². The van der Waals surface area contributed by atoms with Crippen molar-refractivity contribution >= 4 is 0 Å². The number of allylic oxidation sites excluding steroid dienone is 1. The third-order valence-corrected chi connectivity index (χ3v) is 6.94. The molecular weight excluding hydrogens is 464 g/mol. The Hall–Kier alpha value is -2.92. The highest BCUT2D eigenvalue weighted by atomic mass is 19.2. The Morgan fingerprint density at radius 2 is 1.42 bits per heavy atom. The summed E-state index contributed by atoms with van der Waals surface area (Å²) < 4.78 is 65.8. The van der Waals surface area contributed by atoms with Gasteiger partial charge in [0.15, 0.2) is 23.3 Å². The maximum absolute atomic E-state index is 15.0. The Morgan fingerprint density at radius 1 is 0.778 bits per heavy atom. The van der Waals surface area contributed by atoms with E-state index in [2.05, 4.69) is 13.0 Å². The summed E-state index contributed by atoms with van der Waals surface area (Å²) in [5, 5.41) is 0. The fraction of sp³-hybridized carbons (Fsp3) is 0.355. The van der Waals surface area contributed by atoms with Crippen molar-refractivity contribution < 1.29 is 22.3 Å². The molecule has 0 aromatic heterocycles. The Bertz CT molecular complexity index is 1210. The fourth-order valence-corrected chi connectivity index (χ4v) is 4.91. The van der Waals surface area contributed by atoms with E-state index in [1.54, 1.807) is 12.1 Å². The Balaban J connectivity index is 1.50. The molecule has 1 heterocycles. The van der Waals surface area contributed by atoms with Crippen LogP contribution in [0, 0.1) is 29.2 Å². The van der Waals surface area contributed by atoms with Crippen LogP contribution in [-0.4, -0.2) is 12.7 Å². The molecule has 1 aliphatic rings. The normalized spacial score (nSPS) is 18.2. The van der Waals surface area contributed by atoms with Crippen molar-refractivity contribution in [3.63, 3.8) is 0 Å². The molecule has 0 spiro atoms. The number of ether oxygens (including phenoxy) is 1. The van der Waals surface area contributed by atoms with Gasteiger partial charge in [-0.1, -0.05) is 74.0 Å². The monoisotopic (exact) mass is 496 g/mol. The molecule has 4 rings (SSSR count). The molecule has 2 unspecified atom stereocenters. The second-order valence-electron chi connectivity index (χ2n) is 9.49. The van der Waals surface area contributed by atoms with E-state index in [9.17, 15) is 13.2 Å². The van der Waals surface area contributed by atoms with E-state index >= 15 is 4.39 Å². The van der Waals surface area contributed by atoms with Gasteiger partial charge in [-0.3, -0.25) is 0 Å². The molecule has 36 heavy (non-hydrogen) atoms. The van der Waals surface area contributed by atoms with Gasteiger partial charge >= 0.3 is 0 Å². The van der Waals surface area contributed by atoms with Crippen LogP contribution in [0.1, 0.15) is 50.7 Å². The molecule has 3 aromatic carbocycles. The average Bonchev–Trinajstić information content (AvgIpc) is 2.89. The first-order chi connectivity index (χ1) is 17.4. The van der Waals surface area contributed by atoms with Crippen LogP contribution < -0.4 is 0 Å². The molecule has 1 fully saturated rings. The molecule has 3 aromatic rings. The molecule has 0 radical (unpaired) electrons. The standard InChI is InChI=1S/C31H32F4O/c1-3-5-20-7-10-22(11-8-20)25-17-18-27(31(35)29(25)33)26-16-13-23(28(32)30(26)34)12-15-24-14-9-21(6-4-2)19-36-24/h4,6-8,10-11,13,16-18,21,24H,3,5,9,12,14-15,19H2,1-2H3. The van der Waals surface area contributed by atoms with Crippen molar-refractivity contribution in [3.8, 4) is 22.3 Å². The molecule has 5 heteroatoms. The second kappa shape index (κ2) is 11.9. The average molecular weight is 497 g/mol. The minimum Gasteiger partial charge on any atom is -0.378 e. The van der Waals surface area contributed by atoms with E-state index in [4.69, 9.17) is 4.74 Å². The van der Waals surface area contributed by atoms with Gasteiger partial charge in [0.2, 0.25) is 0 Å². The summed E-state index contributed by atoms with van der Waals surface area (Å²) in [6.45, 7) is 4.68. The number of hydrogen-bond donors (Lipinski definition) is 0. The molecule has 0 bridgehead atoms. The lowest BCUT2D eigenvalue weighted by Crippen LogP contribution is -2.25. The number of halogens is 4. The molecule has 190 valence electrons. The number of hydrogen-bond acceptors (Lipinski definition) is 1. The van der Waals surface area contributed by atoms with Gasteiger partial charge in [-0.15, -0.1) is 0 Å². The Kier molecular flexibility index (Phi) is 8.63. The zero-order valence-electron chi connectivity index (χ0n) is 20.8. The molecule has 0 aliphatic carbocycles. The van der Waals surface area contributed by atoms with Gasteiger partial charge in [0.1, 0.15) is 0 Å². The number of rotatable bonds is 8. The summed E-state index contributed by atoms with van der Waals surface area (Å²) in [5.41, 5.74) is 1.35. The van der Waals surface area contributed by atoms with Crippen molar-refractivity contribution in [1.29, 1.82) is 0 Å². The van der Waals surface area contributed by atoms with Crippen LogP contribution in [0.25, 0.3) is 22.3 Å². The maximum Gasteiger partial charge on any atom is 0.167 e. The second-order valence-corrected chi connectivity index (χ2v) is 9.49. The van der Waals surface area contributed by atoms with Crippen LogP contribution in [0.5, 0.6) is 0 Å². The van der Waals surface area contributed by atoms with Gasteiger partial charge in [0.05, 0.1) is 12.7 Å². The van der Waals surface area contributed by atoms with Crippen LogP contribution in [0.3, 0.4) is 0 Å². The summed E-state index contributed by atoms with van der Waals surface area (Å²) in [6, 6.07) is 12.8. The van der Waals surface area contributed by atoms with Crippen molar-refractivity contribution in [2.45, 2.75) is 58.5 Å². The minimum absolute atomic E-state index is 0.00349. The van der Waals surface area contributed by atoms with E-state index in [1.807, 2.05) is 25.1 Å². The Morgan fingerprint density at radius 3 is 2.06 bits per heavy atom. The predicted octanol–water partition coefficient (Wildman–Crippen LogP) is 8.83. The number of aryl methyl sites for hydroxylation is 2. The molecular formula is C31H32F4O. The smallest absolute Gasteiger partial charge is 0.167 e. The van der Waals surface area contributed by atoms with E-state index in [-0.39, 0.29) is 28.4 Å². The zero-order chi connectivity index (χ0) is 25.7. The first kappa shape index (κ1) is 26.2. The topological polar surface area (TPSA) is 9.23 Å². The summed E-state index contributed by atoms with van der Waals surface area (Å²) in [6.07, 6.45) is 8.81. The van der Waals surface area contributed by atoms with Crippen LogP contribution in [0.15, 0.2) is 60.7 Å². The fourth-order valence-electron chi connectivity index (χ4n) is 4.91. The van der Waals surface area contributed by atoms with E-state index in [0.717, 1.165) is 31.2 Å². The lowest BCUT2D eigenvalue weighted by atomic mass is 9.93. The van der Waals surface area contributed by atoms with Crippen molar-refractivity contribution in [2.75, 3.05) is 6.61 Å². The highest BCUT2D eigenvalue weighted by Gasteiger charge is 2.23. The molecule has 0 amide bonds. The van der Waals surface area contributed by atoms with Gasteiger partial charge in [0.25, 0.3) is 0 Å². The maximum atomic E-state index is 15.0. The molecule has 1 saturated heterocycles. The van der Waals surface area contributed by atoms with Crippen LogP contribution in [0.2, 0.25) is 0 Å². The lowest BCUT2D eigenvalue weighted by molar-refractivity contribution is -0.00800. The first-order valence-electron chi connectivity index (χ1n) is 12.7. The largest absolute Gasteiger partial charge is 0.378 e. The van der Waals surface area contributed by atoms with Gasteiger partial charge < -0.3 is 4.74 Å². The summed E-state index contributed by atoms with van der Waals surface area (Å²) in [5.74, 6) is -4.06. The first-order valence-corrected chi connectivity index (χ1v) is 12.7. The quantitative estimate of drug-likeness (QED) is 0.224. The molecule has 1 aliphatic heterocycles. The summed E-state index contributed by atoms with van der Waals surface area (Å²) in [7, 11) is 0. The third kappa shape index (κ3) is 5.73. The lowest BCUT2D eigenvalue weighted by Gasteiger charge is -2.27. The van der Waals surface area contributed by atoms with Crippen molar-refractivity contribution in [1.82, 2.24) is 0 Å². The van der Waals surface area contributed by atoms with Gasteiger partial charge in [-0.25, -0.2) is 17.6 Å². The van der Waals surface area contributed by atoms with Crippen LogP contribution >= 0.6 is 0 Å². The predicted molar refractivity (Wildman–Crippen MR) is 137 cm³/mol. The van der Waals surface area contributed by atoms with Gasteiger partial charge in [0, 0.05) is 22.6 Å². The highest BCUT2D eigenvalue weighted by Crippen LogP contribution is 2.34. The summed E-state index contributed by atoms with van der Waals surface area (Å²) in [4.78, 5) is 0. The third-order valence-electron chi connectivity index (χ3n) is 6.94. The number of benzene rings is 3. The molecule has 0 N–H and O–H groups in total. The minimum atomic E-state index is -1.19. The molecule has 1 nitrogen and oxygen atoms in total. The SMILES string of the molecule is CC=CC1CCC(CCc2ccc(-c3ccc(-c4ccc(CCC)cc4)c(F)c3F)c(F)c2F)OC1. The summed E-state index contributed by atoms with van der Waals surface area (Å²) >= 11 is 0. The molecule has 2 atom stereocenters. The van der Waals surface area contributed by atoms with Crippen molar-refractivity contribution in [2.24, 2.45) is 5.92 Å². The van der Waals surface area contributed by atoms with Crippen molar-refractivity contribution in [3.05, 3.63) is 95.1 Å². The van der Waals surface area contributed by atoms with E-state index in [1.165, 1.54) is 24.3 Å². The van der Waals surface area contributed by atoms with E-state index in [0.29, 0.717) is 30.9 Å². The molecule has 0 saturated carbocycles. The zero-order valence-corrected chi connectivity index (χ0v) is 20.8. The van der Waals surface area contributed by atoms with Gasteiger partial charge in [-0.05, 0) is 55.7 Å². The van der Waals surface area contributed by atoms with Crippen LogP contribution in [0.4, 0.5) is 17.6 Å². The van der Waals surface area contributed by atoms with Gasteiger partial charge in [-0.2, -0.15) is 0 Å². The van der Waals surface area contributed by atoms with Crippen LogP contribution in [-0.2, 0) is 17.6 Å². The highest BCUT2D eigenvalue weighted by molar-refractivity contribution is 5.72. The van der Waals surface area contributed by atoms with E-state index < -0.39 is 23.3 Å².